The molecule has 5 rings (SSSR count). The van der Waals surface area contributed by atoms with Gasteiger partial charge in [-0.05, 0) is 54.0 Å². The van der Waals surface area contributed by atoms with Crippen LogP contribution in [0.3, 0.4) is 0 Å². The molecule has 0 saturated carbocycles. The number of allylic oxidation sites excluding steroid dienone is 2. The third-order valence-corrected chi connectivity index (χ3v) is 5.93. The van der Waals surface area contributed by atoms with E-state index in [1.807, 2.05) is 18.3 Å². The van der Waals surface area contributed by atoms with Gasteiger partial charge in [-0.2, -0.15) is 0 Å². The molecule has 31 heavy (non-hydrogen) atoms. The minimum Gasteiger partial charge on any atom is -0.424 e. The lowest BCUT2D eigenvalue weighted by Gasteiger charge is -2.28. The lowest BCUT2D eigenvalue weighted by Crippen LogP contribution is -2.14. The third kappa shape index (κ3) is 3.77. The SMILES string of the molecule is CC1(C)CC=C(c2cn3ccnc(N)c3c2-c2ccc(Oc3ncccn3)cc2)CC1. The highest BCUT2D eigenvalue weighted by atomic mass is 16.5. The molecule has 3 heterocycles. The zero-order chi connectivity index (χ0) is 21.4. The fourth-order valence-electron chi connectivity index (χ4n) is 4.14. The normalized spacial score (nSPS) is 15.6. The van der Waals surface area contributed by atoms with Gasteiger partial charge in [0, 0.05) is 42.1 Å². The maximum absolute atomic E-state index is 6.32. The summed E-state index contributed by atoms with van der Waals surface area (Å²) >= 11 is 0. The van der Waals surface area contributed by atoms with Crippen LogP contribution in [0.4, 0.5) is 5.82 Å². The van der Waals surface area contributed by atoms with Crippen molar-refractivity contribution >= 4 is 16.9 Å². The Morgan fingerprint density at radius 1 is 1.03 bits per heavy atom. The van der Waals surface area contributed by atoms with E-state index in [-0.39, 0.29) is 0 Å². The number of ether oxygens (including phenoxy) is 1. The molecule has 0 bridgehead atoms. The molecule has 6 nitrogen and oxygen atoms in total. The van der Waals surface area contributed by atoms with Crippen molar-refractivity contribution in [3.8, 4) is 22.9 Å². The van der Waals surface area contributed by atoms with Crippen LogP contribution in [0, 0.1) is 5.41 Å². The van der Waals surface area contributed by atoms with Gasteiger partial charge in [-0.3, -0.25) is 0 Å². The molecule has 0 spiro atoms. The fourth-order valence-corrected chi connectivity index (χ4v) is 4.14. The van der Waals surface area contributed by atoms with Gasteiger partial charge in [0.15, 0.2) is 0 Å². The Kier molecular flexibility index (Phi) is 4.70. The topological polar surface area (TPSA) is 78.3 Å². The lowest BCUT2D eigenvalue weighted by atomic mass is 9.76. The van der Waals surface area contributed by atoms with Crippen LogP contribution in [0.5, 0.6) is 11.8 Å². The predicted octanol–water partition coefficient (Wildman–Crippen LogP) is 5.76. The van der Waals surface area contributed by atoms with Crippen molar-refractivity contribution in [3.05, 3.63) is 73.0 Å². The first kappa shape index (κ1) is 19.3. The smallest absolute Gasteiger partial charge is 0.321 e. The zero-order valence-corrected chi connectivity index (χ0v) is 17.7. The molecule has 1 aliphatic carbocycles. The molecule has 0 amide bonds. The average molecular weight is 412 g/mol. The molecule has 0 saturated heterocycles. The highest BCUT2D eigenvalue weighted by molar-refractivity contribution is 5.96. The first-order chi connectivity index (χ1) is 15.0. The Hall–Kier alpha value is -3.67. The van der Waals surface area contributed by atoms with Crippen LogP contribution in [-0.2, 0) is 0 Å². The highest BCUT2D eigenvalue weighted by Crippen LogP contribution is 2.43. The number of nitrogen functional groups attached to an aromatic ring is 1. The van der Waals surface area contributed by atoms with Crippen LogP contribution in [-0.4, -0.2) is 19.4 Å². The minimum absolute atomic E-state index is 0.327. The molecule has 4 aromatic rings. The molecule has 0 aliphatic heterocycles. The van der Waals surface area contributed by atoms with Gasteiger partial charge in [-0.25, -0.2) is 15.0 Å². The van der Waals surface area contributed by atoms with E-state index in [0.29, 0.717) is 23.0 Å². The van der Waals surface area contributed by atoms with E-state index in [9.17, 15) is 0 Å². The van der Waals surface area contributed by atoms with Crippen molar-refractivity contribution in [1.29, 1.82) is 0 Å². The quantitative estimate of drug-likeness (QED) is 0.462. The van der Waals surface area contributed by atoms with Gasteiger partial charge in [-0.1, -0.05) is 32.1 Å². The van der Waals surface area contributed by atoms with E-state index in [1.165, 1.54) is 17.6 Å². The number of nitrogens with two attached hydrogens (primary N) is 1. The second kappa shape index (κ2) is 7.54. The van der Waals surface area contributed by atoms with E-state index < -0.39 is 0 Å². The summed E-state index contributed by atoms with van der Waals surface area (Å²) in [6.07, 6.45) is 14.9. The summed E-state index contributed by atoms with van der Waals surface area (Å²) in [4.78, 5) is 12.6. The average Bonchev–Trinajstić information content (AvgIpc) is 3.16. The van der Waals surface area contributed by atoms with E-state index in [2.05, 4.69) is 57.6 Å². The molecule has 1 aliphatic rings. The number of anilines is 1. The molecule has 0 radical (unpaired) electrons. The molecule has 0 atom stereocenters. The molecule has 3 aromatic heterocycles. The minimum atomic E-state index is 0.327. The number of rotatable bonds is 4. The summed E-state index contributed by atoms with van der Waals surface area (Å²) < 4.78 is 7.83. The van der Waals surface area contributed by atoms with Crippen LogP contribution >= 0.6 is 0 Å². The second-order valence-corrected chi connectivity index (χ2v) is 8.74. The Bertz CT molecular complexity index is 1260. The first-order valence-corrected chi connectivity index (χ1v) is 10.5. The first-order valence-electron chi connectivity index (χ1n) is 10.5. The molecule has 0 unspecified atom stereocenters. The maximum atomic E-state index is 6.32. The van der Waals surface area contributed by atoms with E-state index in [4.69, 9.17) is 10.5 Å². The number of fused-ring (bicyclic) bond motifs is 1. The number of hydrogen-bond acceptors (Lipinski definition) is 5. The van der Waals surface area contributed by atoms with Gasteiger partial charge in [-0.15, -0.1) is 0 Å². The zero-order valence-electron chi connectivity index (χ0n) is 17.7. The monoisotopic (exact) mass is 411 g/mol. The molecular formula is C25H25N5O. The van der Waals surface area contributed by atoms with Gasteiger partial charge in [0.25, 0.3) is 0 Å². The molecule has 2 N–H and O–H groups in total. The van der Waals surface area contributed by atoms with E-state index in [0.717, 1.165) is 29.5 Å². The van der Waals surface area contributed by atoms with Crippen LogP contribution in [0.2, 0.25) is 0 Å². The van der Waals surface area contributed by atoms with Crippen molar-refractivity contribution < 1.29 is 4.74 Å². The predicted molar refractivity (Wildman–Crippen MR) is 123 cm³/mol. The number of benzene rings is 1. The Morgan fingerprint density at radius 2 is 1.81 bits per heavy atom. The van der Waals surface area contributed by atoms with Gasteiger partial charge >= 0.3 is 6.01 Å². The van der Waals surface area contributed by atoms with Crippen LogP contribution in [0.1, 0.15) is 38.7 Å². The van der Waals surface area contributed by atoms with Crippen molar-refractivity contribution in [2.75, 3.05) is 5.73 Å². The second-order valence-electron chi connectivity index (χ2n) is 8.74. The Balaban J connectivity index is 1.58. The van der Waals surface area contributed by atoms with Gasteiger partial charge in [0.05, 0.1) is 5.52 Å². The highest BCUT2D eigenvalue weighted by Gasteiger charge is 2.25. The van der Waals surface area contributed by atoms with Gasteiger partial charge in [0.1, 0.15) is 11.6 Å². The summed E-state index contributed by atoms with van der Waals surface area (Å²) in [7, 11) is 0. The Labute approximate surface area is 181 Å². The molecular weight excluding hydrogens is 386 g/mol. The van der Waals surface area contributed by atoms with Crippen molar-refractivity contribution in [3.63, 3.8) is 0 Å². The van der Waals surface area contributed by atoms with Crippen LogP contribution in [0.25, 0.3) is 22.2 Å². The summed E-state index contributed by atoms with van der Waals surface area (Å²) in [5, 5.41) is 0. The third-order valence-electron chi connectivity index (χ3n) is 5.93. The van der Waals surface area contributed by atoms with Gasteiger partial charge < -0.3 is 14.9 Å². The van der Waals surface area contributed by atoms with E-state index >= 15 is 0 Å². The lowest BCUT2D eigenvalue weighted by molar-refractivity contribution is 0.335. The van der Waals surface area contributed by atoms with Crippen molar-refractivity contribution in [1.82, 2.24) is 19.4 Å². The summed E-state index contributed by atoms with van der Waals surface area (Å²) in [6, 6.07) is 10.1. The largest absolute Gasteiger partial charge is 0.424 e. The molecule has 1 aromatic carbocycles. The van der Waals surface area contributed by atoms with Crippen LogP contribution in [0.15, 0.2) is 67.4 Å². The van der Waals surface area contributed by atoms with Crippen molar-refractivity contribution in [2.45, 2.75) is 33.1 Å². The standard InChI is InChI=1S/C25H25N5O/c1-25(2)10-8-17(9-11-25)20-16-30-15-14-27-23(26)22(30)21(20)18-4-6-19(7-5-18)31-24-28-12-3-13-29-24/h3-8,12-16H,9-11H2,1-2H3,(H2,26,27). The molecule has 156 valence electrons. The van der Waals surface area contributed by atoms with Crippen molar-refractivity contribution in [2.24, 2.45) is 5.41 Å². The number of nitrogens with zero attached hydrogens (tertiary/aromatic N) is 4. The Morgan fingerprint density at radius 3 is 2.52 bits per heavy atom. The van der Waals surface area contributed by atoms with Gasteiger partial charge in [0.2, 0.25) is 0 Å². The summed E-state index contributed by atoms with van der Waals surface area (Å²) in [5.41, 5.74) is 12.4. The van der Waals surface area contributed by atoms with Crippen LogP contribution < -0.4 is 10.5 Å². The number of hydrogen-bond donors (Lipinski definition) is 1. The number of aromatic nitrogens is 4. The summed E-state index contributed by atoms with van der Waals surface area (Å²) in [5.74, 6) is 1.21. The maximum Gasteiger partial charge on any atom is 0.321 e. The molecule has 0 fully saturated rings. The fraction of sp³-hybridized carbons (Fsp3) is 0.240. The summed E-state index contributed by atoms with van der Waals surface area (Å²) in [6.45, 7) is 4.66. The molecule has 6 heteroatoms. The van der Waals surface area contributed by atoms with E-state index in [1.54, 1.807) is 24.7 Å².